The number of rotatable bonds is 2. The van der Waals surface area contributed by atoms with Crippen LogP contribution in [0.25, 0.3) is 0 Å². The fourth-order valence-corrected chi connectivity index (χ4v) is 1.81. The third kappa shape index (κ3) is 2.21. The second-order valence-corrected chi connectivity index (χ2v) is 3.82. The minimum absolute atomic E-state index is 0.0253. The summed E-state index contributed by atoms with van der Waals surface area (Å²) in [6.07, 6.45) is 0. The molecule has 0 saturated heterocycles. The highest BCUT2D eigenvalue weighted by atomic mass is 16.5. The Kier molecular flexibility index (Phi) is 3.36. The maximum absolute atomic E-state index is 8.96. The van der Waals surface area contributed by atoms with Crippen molar-refractivity contribution in [3.8, 4) is 17.9 Å². The van der Waals surface area contributed by atoms with Gasteiger partial charge in [0.25, 0.3) is 0 Å². The normalized spacial score (nSPS) is 18.1. The van der Waals surface area contributed by atoms with Crippen molar-refractivity contribution >= 4 is 0 Å². The standard InChI is InChI=1S/C13H12N4O/c1-18-10-4-2-9(3-5-10)13-8-16-11(6-14)12(7-15)17-13/h2-5,13,16-17H,8H2,1H3. The Morgan fingerprint density at radius 1 is 1.17 bits per heavy atom. The van der Waals surface area contributed by atoms with Crippen molar-refractivity contribution in [2.75, 3.05) is 13.7 Å². The summed E-state index contributed by atoms with van der Waals surface area (Å²) >= 11 is 0. The zero-order valence-electron chi connectivity index (χ0n) is 9.90. The van der Waals surface area contributed by atoms with Gasteiger partial charge in [-0.2, -0.15) is 10.5 Å². The van der Waals surface area contributed by atoms with E-state index in [0.717, 1.165) is 11.3 Å². The zero-order valence-corrected chi connectivity index (χ0v) is 9.90. The Morgan fingerprint density at radius 3 is 2.39 bits per heavy atom. The number of nitriles is 2. The van der Waals surface area contributed by atoms with E-state index in [1.807, 2.05) is 36.4 Å². The van der Waals surface area contributed by atoms with E-state index < -0.39 is 0 Å². The van der Waals surface area contributed by atoms with Crippen molar-refractivity contribution in [2.45, 2.75) is 6.04 Å². The largest absolute Gasteiger partial charge is 0.497 e. The Bertz CT molecular complexity index is 548. The van der Waals surface area contributed by atoms with Crippen LogP contribution in [-0.4, -0.2) is 13.7 Å². The van der Waals surface area contributed by atoms with Crippen LogP contribution in [0, 0.1) is 22.7 Å². The number of allylic oxidation sites excluding steroid dienone is 2. The van der Waals surface area contributed by atoms with Gasteiger partial charge < -0.3 is 15.4 Å². The summed E-state index contributed by atoms with van der Waals surface area (Å²) in [6, 6.07) is 11.5. The van der Waals surface area contributed by atoms with Crippen molar-refractivity contribution in [2.24, 2.45) is 0 Å². The molecular formula is C13H12N4O. The highest BCUT2D eigenvalue weighted by Crippen LogP contribution is 2.21. The van der Waals surface area contributed by atoms with Gasteiger partial charge in [-0.3, -0.25) is 0 Å². The fourth-order valence-electron chi connectivity index (χ4n) is 1.81. The van der Waals surface area contributed by atoms with Crippen molar-refractivity contribution in [3.05, 3.63) is 41.2 Å². The molecule has 0 bridgehead atoms. The van der Waals surface area contributed by atoms with Crippen molar-refractivity contribution in [1.82, 2.24) is 10.6 Å². The summed E-state index contributed by atoms with van der Waals surface area (Å²) in [6.45, 7) is 0.570. The molecule has 1 aliphatic rings. The molecule has 1 aliphatic heterocycles. The molecule has 2 rings (SSSR count). The molecule has 1 unspecified atom stereocenters. The lowest BCUT2D eigenvalue weighted by molar-refractivity contribution is 0.414. The van der Waals surface area contributed by atoms with Gasteiger partial charge in [-0.15, -0.1) is 0 Å². The van der Waals surface area contributed by atoms with Gasteiger partial charge >= 0.3 is 0 Å². The van der Waals surface area contributed by atoms with Gasteiger partial charge in [-0.1, -0.05) is 12.1 Å². The van der Waals surface area contributed by atoms with Crippen LogP contribution in [0.1, 0.15) is 11.6 Å². The van der Waals surface area contributed by atoms with E-state index >= 15 is 0 Å². The molecule has 1 aromatic rings. The van der Waals surface area contributed by atoms with Crippen molar-refractivity contribution in [1.29, 1.82) is 10.5 Å². The Morgan fingerprint density at radius 2 is 1.83 bits per heavy atom. The van der Waals surface area contributed by atoms with E-state index in [1.54, 1.807) is 7.11 Å². The average Bonchev–Trinajstić information content (AvgIpc) is 2.46. The van der Waals surface area contributed by atoms with Crippen LogP contribution in [0.5, 0.6) is 5.75 Å². The highest BCUT2D eigenvalue weighted by Gasteiger charge is 2.20. The maximum Gasteiger partial charge on any atom is 0.148 e. The lowest BCUT2D eigenvalue weighted by atomic mass is 10.0. The Labute approximate surface area is 105 Å². The molecule has 2 N–H and O–H groups in total. The van der Waals surface area contributed by atoms with Crippen molar-refractivity contribution in [3.63, 3.8) is 0 Å². The third-order valence-electron chi connectivity index (χ3n) is 2.79. The van der Waals surface area contributed by atoms with E-state index in [4.69, 9.17) is 15.3 Å². The lowest BCUT2D eigenvalue weighted by Crippen LogP contribution is -2.37. The summed E-state index contributed by atoms with van der Waals surface area (Å²) in [5.41, 5.74) is 1.61. The first kappa shape index (κ1) is 11.8. The van der Waals surface area contributed by atoms with Crippen LogP contribution >= 0.6 is 0 Å². The number of benzene rings is 1. The average molecular weight is 240 g/mol. The lowest BCUT2D eigenvalue weighted by Gasteiger charge is -2.25. The van der Waals surface area contributed by atoms with Gasteiger partial charge in [0.2, 0.25) is 0 Å². The molecular weight excluding hydrogens is 228 g/mol. The van der Waals surface area contributed by atoms with Gasteiger partial charge in [-0.05, 0) is 17.7 Å². The number of hydrogen-bond donors (Lipinski definition) is 2. The molecule has 1 atom stereocenters. The molecule has 0 fully saturated rings. The second kappa shape index (κ2) is 5.11. The van der Waals surface area contributed by atoms with Crippen LogP contribution < -0.4 is 15.4 Å². The van der Waals surface area contributed by atoms with E-state index in [9.17, 15) is 0 Å². The summed E-state index contributed by atoms with van der Waals surface area (Å²) in [4.78, 5) is 0. The second-order valence-electron chi connectivity index (χ2n) is 3.82. The van der Waals surface area contributed by atoms with E-state index in [-0.39, 0.29) is 11.7 Å². The van der Waals surface area contributed by atoms with E-state index in [2.05, 4.69) is 10.6 Å². The summed E-state index contributed by atoms with van der Waals surface area (Å²) in [5, 5.41) is 23.8. The van der Waals surface area contributed by atoms with Gasteiger partial charge in [0.15, 0.2) is 0 Å². The predicted octanol–water partition coefficient (Wildman–Crippen LogP) is 1.19. The fraction of sp³-hybridized carbons (Fsp3) is 0.231. The van der Waals surface area contributed by atoms with Gasteiger partial charge in [-0.25, -0.2) is 0 Å². The summed E-state index contributed by atoms with van der Waals surface area (Å²) in [5.74, 6) is 0.788. The zero-order chi connectivity index (χ0) is 13.0. The topological polar surface area (TPSA) is 80.9 Å². The first-order chi connectivity index (χ1) is 8.78. The Hall–Kier alpha value is -2.66. The molecule has 0 aromatic heterocycles. The monoisotopic (exact) mass is 240 g/mol. The van der Waals surface area contributed by atoms with Crippen molar-refractivity contribution < 1.29 is 4.74 Å². The number of ether oxygens (including phenoxy) is 1. The number of hydrogen-bond acceptors (Lipinski definition) is 5. The van der Waals surface area contributed by atoms with Gasteiger partial charge in [0.05, 0.1) is 13.2 Å². The van der Waals surface area contributed by atoms with Crippen LogP contribution in [0.15, 0.2) is 35.7 Å². The molecule has 1 heterocycles. The highest BCUT2D eigenvalue weighted by molar-refractivity contribution is 5.39. The molecule has 18 heavy (non-hydrogen) atoms. The Balaban J connectivity index is 2.20. The first-order valence-corrected chi connectivity index (χ1v) is 5.47. The van der Waals surface area contributed by atoms with Crippen LogP contribution in [-0.2, 0) is 0 Å². The smallest absolute Gasteiger partial charge is 0.148 e. The van der Waals surface area contributed by atoms with E-state index in [1.165, 1.54) is 0 Å². The summed E-state index contributed by atoms with van der Waals surface area (Å²) < 4.78 is 5.09. The van der Waals surface area contributed by atoms with Gasteiger partial charge in [0.1, 0.15) is 29.3 Å². The molecule has 1 aromatic carbocycles. The molecule has 0 spiro atoms. The number of nitrogens with zero attached hydrogens (tertiary/aromatic N) is 2. The minimum Gasteiger partial charge on any atom is -0.497 e. The molecule has 0 amide bonds. The van der Waals surface area contributed by atoms with Crippen LogP contribution in [0.3, 0.4) is 0 Å². The van der Waals surface area contributed by atoms with Gasteiger partial charge in [0, 0.05) is 6.54 Å². The van der Waals surface area contributed by atoms with Crippen LogP contribution in [0.2, 0.25) is 0 Å². The molecule has 0 saturated carbocycles. The summed E-state index contributed by atoms with van der Waals surface area (Å²) in [7, 11) is 1.62. The molecule has 90 valence electrons. The first-order valence-electron chi connectivity index (χ1n) is 5.47. The number of nitrogens with one attached hydrogen (secondary N) is 2. The minimum atomic E-state index is -0.0253. The number of methoxy groups -OCH3 is 1. The molecule has 0 radical (unpaired) electrons. The molecule has 0 aliphatic carbocycles. The third-order valence-corrected chi connectivity index (χ3v) is 2.79. The predicted molar refractivity (Wildman–Crippen MR) is 65.1 cm³/mol. The molecule has 5 nitrogen and oxygen atoms in total. The molecule has 5 heteroatoms. The van der Waals surface area contributed by atoms with E-state index in [0.29, 0.717) is 12.2 Å². The quantitative estimate of drug-likeness (QED) is 0.811. The SMILES string of the molecule is COc1ccc(C2CNC(C#N)=C(C#N)N2)cc1. The maximum atomic E-state index is 8.96. The van der Waals surface area contributed by atoms with Crippen LogP contribution in [0.4, 0.5) is 0 Å².